The van der Waals surface area contributed by atoms with Crippen molar-refractivity contribution >= 4 is 16.7 Å². The molecule has 0 aliphatic carbocycles. The minimum absolute atomic E-state index is 0.270. The van der Waals surface area contributed by atoms with E-state index < -0.39 is 0 Å². The molecule has 0 saturated carbocycles. The van der Waals surface area contributed by atoms with E-state index in [4.69, 9.17) is 10.5 Å². The van der Waals surface area contributed by atoms with Gasteiger partial charge >= 0.3 is 0 Å². The molecule has 2 aromatic rings. The molecule has 0 saturated heterocycles. The highest BCUT2D eigenvalue weighted by molar-refractivity contribution is 5.83. The van der Waals surface area contributed by atoms with E-state index in [1.807, 2.05) is 6.07 Å². The number of benzene rings is 1. The van der Waals surface area contributed by atoms with E-state index in [1.54, 1.807) is 7.11 Å². The Balaban J connectivity index is 2.46. The summed E-state index contributed by atoms with van der Waals surface area (Å²) in [6.45, 7) is 6.69. The van der Waals surface area contributed by atoms with Crippen LogP contribution in [0.1, 0.15) is 26.3 Å². The summed E-state index contributed by atoms with van der Waals surface area (Å²) in [4.78, 5) is 4.39. The minimum Gasteiger partial charge on any atom is -0.493 e. The van der Waals surface area contributed by atoms with Gasteiger partial charge in [-0.05, 0) is 29.5 Å². The number of fused-ring (bicyclic) bond motifs is 1. The zero-order chi connectivity index (χ0) is 13.3. The SMILES string of the molecule is COc1cc2ccc(CC(C)(C)C)cc2nc1N. The van der Waals surface area contributed by atoms with E-state index in [-0.39, 0.29) is 5.41 Å². The zero-order valence-electron chi connectivity index (χ0n) is 11.4. The molecule has 0 amide bonds. The first-order chi connectivity index (χ1) is 8.39. The molecule has 18 heavy (non-hydrogen) atoms. The third kappa shape index (κ3) is 2.73. The van der Waals surface area contributed by atoms with Crippen LogP contribution in [0, 0.1) is 5.41 Å². The van der Waals surface area contributed by atoms with Gasteiger partial charge in [0.25, 0.3) is 0 Å². The highest BCUT2D eigenvalue weighted by Crippen LogP contribution is 2.27. The van der Waals surface area contributed by atoms with Crippen molar-refractivity contribution in [2.75, 3.05) is 12.8 Å². The Morgan fingerprint density at radius 3 is 2.56 bits per heavy atom. The smallest absolute Gasteiger partial charge is 0.166 e. The molecule has 2 rings (SSSR count). The first-order valence-electron chi connectivity index (χ1n) is 6.12. The Bertz CT molecular complexity index is 570. The molecule has 3 heteroatoms. The third-order valence-corrected chi connectivity index (χ3v) is 2.83. The molecular weight excluding hydrogens is 224 g/mol. The van der Waals surface area contributed by atoms with Crippen molar-refractivity contribution < 1.29 is 4.74 Å². The zero-order valence-corrected chi connectivity index (χ0v) is 11.4. The molecule has 0 radical (unpaired) electrons. The topological polar surface area (TPSA) is 48.1 Å². The number of nitrogens with two attached hydrogens (primary N) is 1. The summed E-state index contributed by atoms with van der Waals surface area (Å²) in [7, 11) is 1.60. The van der Waals surface area contributed by atoms with Crippen LogP contribution in [0.3, 0.4) is 0 Å². The summed E-state index contributed by atoms with van der Waals surface area (Å²) in [6, 6.07) is 8.26. The van der Waals surface area contributed by atoms with Gasteiger partial charge in [-0.25, -0.2) is 4.98 Å². The normalized spacial score (nSPS) is 11.8. The molecule has 1 aromatic heterocycles. The summed E-state index contributed by atoms with van der Waals surface area (Å²) in [5.74, 6) is 1.07. The Morgan fingerprint density at radius 1 is 1.22 bits per heavy atom. The number of pyridine rings is 1. The molecule has 2 N–H and O–H groups in total. The number of rotatable bonds is 2. The summed E-state index contributed by atoms with van der Waals surface area (Å²) >= 11 is 0. The Hall–Kier alpha value is -1.77. The lowest BCUT2D eigenvalue weighted by Crippen LogP contribution is -2.09. The van der Waals surface area contributed by atoms with Gasteiger partial charge in [-0.3, -0.25) is 0 Å². The van der Waals surface area contributed by atoms with E-state index >= 15 is 0 Å². The maximum atomic E-state index is 5.84. The number of aromatic nitrogens is 1. The fraction of sp³-hybridized carbons (Fsp3) is 0.400. The quantitative estimate of drug-likeness (QED) is 0.880. The van der Waals surface area contributed by atoms with Crippen molar-refractivity contribution in [2.24, 2.45) is 5.41 Å². The molecule has 96 valence electrons. The summed E-state index contributed by atoms with van der Waals surface area (Å²) in [5.41, 5.74) is 8.32. The van der Waals surface area contributed by atoms with Crippen molar-refractivity contribution in [3.05, 3.63) is 29.8 Å². The fourth-order valence-corrected chi connectivity index (χ4v) is 2.09. The molecule has 0 spiro atoms. The predicted molar refractivity (Wildman–Crippen MR) is 75.9 cm³/mol. The van der Waals surface area contributed by atoms with Crippen molar-refractivity contribution in [1.82, 2.24) is 4.98 Å². The summed E-state index contributed by atoms with van der Waals surface area (Å²) in [6.07, 6.45) is 1.02. The number of ether oxygens (including phenoxy) is 1. The van der Waals surface area contributed by atoms with Crippen LogP contribution in [0.5, 0.6) is 5.75 Å². The predicted octanol–water partition coefficient (Wildman–Crippen LogP) is 3.41. The number of nitrogen functional groups attached to an aromatic ring is 1. The van der Waals surface area contributed by atoms with Crippen molar-refractivity contribution in [3.8, 4) is 5.75 Å². The summed E-state index contributed by atoms with van der Waals surface area (Å²) < 4.78 is 5.18. The number of hydrogen-bond donors (Lipinski definition) is 1. The van der Waals surface area contributed by atoms with Crippen LogP contribution in [0.4, 0.5) is 5.82 Å². The van der Waals surface area contributed by atoms with E-state index in [2.05, 4.69) is 44.0 Å². The fourth-order valence-electron chi connectivity index (χ4n) is 2.09. The average Bonchev–Trinajstić information content (AvgIpc) is 2.25. The van der Waals surface area contributed by atoms with Crippen LogP contribution in [0.25, 0.3) is 10.9 Å². The molecule has 0 unspecified atom stereocenters. The van der Waals surface area contributed by atoms with Crippen LogP contribution in [0.15, 0.2) is 24.3 Å². The Morgan fingerprint density at radius 2 is 1.94 bits per heavy atom. The highest BCUT2D eigenvalue weighted by Gasteiger charge is 2.12. The summed E-state index contributed by atoms with van der Waals surface area (Å²) in [5, 5.41) is 1.05. The van der Waals surface area contributed by atoms with E-state index in [9.17, 15) is 0 Å². The van der Waals surface area contributed by atoms with Gasteiger partial charge in [-0.2, -0.15) is 0 Å². The molecule has 0 aliphatic rings. The largest absolute Gasteiger partial charge is 0.493 e. The van der Waals surface area contributed by atoms with E-state index in [0.717, 1.165) is 17.3 Å². The first kappa shape index (κ1) is 12.7. The minimum atomic E-state index is 0.270. The Kier molecular flexibility index (Phi) is 3.16. The number of anilines is 1. The van der Waals surface area contributed by atoms with Crippen molar-refractivity contribution in [1.29, 1.82) is 0 Å². The van der Waals surface area contributed by atoms with Gasteiger partial charge in [0, 0.05) is 5.39 Å². The lowest BCUT2D eigenvalue weighted by molar-refractivity contribution is 0.411. The van der Waals surface area contributed by atoms with E-state index in [0.29, 0.717) is 11.6 Å². The third-order valence-electron chi connectivity index (χ3n) is 2.83. The second-order valence-corrected chi connectivity index (χ2v) is 5.84. The van der Waals surface area contributed by atoms with Crippen LogP contribution in [-0.4, -0.2) is 12.1 Å². The maximum absolute atomic E-state index is 5.84. The van der Waals surface area contributed by atoms with Gasteiger partial charge in [0.05, 0.1) is 12.6 Å². The molecule has 0 bridgehead atoms. The molecular formula is C15H20N2O. The monoisotopic (exact) mass is 244 g/mol. The van der Waals surface area contributed by atoms with Gasteiger partial charge in [0.2, 0.25) is 0 Å². The van der Waals surface area contributed by atoms with E-state index in [1.165, 1.54) is 5.56 Å². The van der Waals surface area contributed by atoms with Crippen LogP contribution in [-0.2, 0) is 6.42 Å². The molecule has 0 fully saturated rings. The maximum Gasteiger partial charge on any atom is 0.166 e. The van der Waals surface area contributed by atoms with Gasteiger partial charge in [-0.1, -0.05) is 32.9 Å². The van der Waals surface area contributed by atoms with Crippen molar-refractivity contribution in [2.45, 2.75) is 27.2 Å². The standard InChI is InChI=1S/C15H20N2O/c1-15(2,3)9-10-5-6-11-8-13(18-4)14(16)17-12(11)7-10/h5-8H,9H2,1-4H3,(H2,16,17). The molecule has 1 heterocycles. The van der Waals surface area contributed by atoms with Gasteiger partial charge in [-0.15, -0.1) is 0 Å². The second kappa shape index (κ2) is 4.48. The number of methoxy groups -OCH3 is 1. The van der Waals surface area contributed by atoms with Gasteiger partial charge in [0.15, 0.2) is 11.6 Å². The molecule has 1 aromatic carbocycles. The second-order valence-electron chi connectivity index (χ2n) is 5.84. The first-order valence-corrected chi connectivity index (χ1v) is 6.12. The lowest BCUT2D eigenvalue weighted by Gasteiger charge is -2.18. The van der Waals surface area contributed by atoms with Gasteiger partial charge < -0.3 is 10.5 Å². The van der Waals surface area contributed by atoms with Crippen LogP contribution >= 0.6 is 0 Å². The molecule has 0 atom stereocenters. The van der Waals surface area contributed by atoms with Crippen LogP contribution in [0.2, 0.25) is 0 Å². The average molecular weight is 244 g/mol. The van der Waals surface area contributed by atoms with Crippen molar-refractivity contribution in [3.63, 3.8) is 0 Å². The molecule has 0 aliphatic heterocycles. The van der Waals surface area contributed by atoms with Gasteiger partial charge in [0.1, 0.15) is 0 Å². The van der Waals surface area contributed by atoms with Crippen LogP contribution < -0.4 is 10.5 Å². The number of nitrogens with zero attached hydrogens (tertiary/aromatic N) is 1. The Labute approximate surface area is 108 Å². The molecule has 3 nitrogen and oxygen atoms in total. The number of hydrogen-bond acceptors (Lipinski definition) is 3. The lowest BCUT2D eigenvalue weighted by atomic mass is 9.88. The highest BCUT2D eigenvalue weighted by atomic mass is 16.5.